The van der Waals surface area contributed by atoms with E-state index in [0.717, 1.165) is 31.6 Å². The van der Waals surface area contributed by atoms with Gasteiger partial charge in [-0.3, -0.25) is 4.79 Å². The molecule has 1 saturated carbocycles. The van der Waals surface area contributed by atoms with Gasteiger partial charge in [-0.25, -0.2) is 0 Å². The topological polar surface area (TPSA) is 45.5 Å². The number of hydrogen-bond acceptors (Lipinski definition) is 3. The van der Waals surface area contributed by atoms with Crippen LogP contribution >= 0.6 is 0 Å². The second kappa shape index (κ2) is 5.87. The Bertz CT molecular complexity index is 344. The number of rotatable bonds is 7. The Morgan fingerprint density at radius 3 is 3.00 bits per heavy atom. The largest absolute Gasteiger partial charge is 0.467 e. The summed E-state index contributed by atoms with van der Waals surface area (Å²) in [5.74, 6) is 1.12. The molecule has 1 aliphatic rings. The molecular weight excluding hydrogens is 216 g/mol. The highest BCUT2D eigenvalue weighted by Crippen LogP contribution is 2.29. The van der Waals surface area contributed by atoms with Crippen LogP contribution < -0.4 is 5.32 Å². The van der Waals surface area contributed by atoms with Crippen LogP contribution in [0.2, 0.25) is 0 Å². The molecule has 1 N–H and O–H groups in total. The Hall–Kier alpha value is -1.29. The molecule has 1 amide bonds. The Balaban J connectivity index is 1.86. The minimum Gasteiger partial charge on any atom is -0.467 e. The number of amides is 1. The van der Waals surface area contributed by atoms with E-state index in [9.17, 15) is 4.79 Å². The molecule has 1 aliphatic carbocycles. The third kappa shape index (κ3) is 3.60. The molecule has 4 nitrogen and oxygen atoms in total. The van der Waals surface area contributed by atoms with Crippen molar-refractivity contribution < 1.29 is 9.21 Å². The van der Waals surface area contributed by atoms with Crippen molar-refractivity contribution in [2.24, 2.45) is 0 Å². The Kier molecular flexibility index (Phi) is 4.20. The van der Waals surface area contributed by atoms with Gasteiger partial charge in [-0.2, -0.15) is 0 Å². The highest BCUT2D eigenvalue weighted by molar-refractivity contribution is 5.76. The summed E-state index contributed by atoms with van der Waals surface area (Å²) in [4.78, 5) is 14.0. The molecule has 0 radical (unpaired) electrons. The number of furan rings is 1. The third-order valence-electron chi connectivity index (χ3n) is 3.03. The molecule has 0 bridgehead atoms. The van der Waals surface area contributed by atoms with Crippen molar-refractivity contribution in [2.45, 2.75) is 38.3 Å². The molecule has 2 rings (SSSR count). The van der Waals surface area contributed by atoms with Crippen molar-refractivity contribution in [1.29, 1.82) is 0 Å². The van der Waals surface area contributed by atoms with Crippen molar-refractivity contribution in [3.63, 3.8) is 0 Å². The SMILES string of the molecule is CNCCCC(=O)N(Cc1ccco1)C1CC1. The zero-order chi connectivity index (χ0) is 12.1. The van der Waals surface area contributed by atoms with Crippen LogP contribution in [0, 0.1) is 0 Å². The van der Waals surface area contributed by atoms with E-state index in [-0.39, 0.29) is 5.91 Å². The quantitative estimate of drug-likeness (QED) is 0.734. The molecule has 94 valence electrons. The van der Waals surface area contributed by atoms with E-state index in [1.807, 2.05) is 24.1 Å². The molecule has 0 aliphatic heterocycles. The van der Waals surface area contributed by atoms with Crippen LogP contribution in [0.15, 0.2) is 22.8 Å². The Labute approximate surface area is 102 Å². The van der Waals surface area contributed by atoms with Crippen molar-refractivity contribution in [2.75, 3.05) is 13.6 Å². The van der Waals surface area contributed by atoms with Crippen LogP contribution in [0.1, 0.15) is 31.4 Å². The van der Waals surface area contributed by atoms with E-state index in [0.29, 0.717) is 19.0 Å². The number of carbonyl (C=O) groups excluding carboxylic acids is 1. The normalized spacial score (nSPS) is 14.9. The van der Waals surface area contributed by atoms with Crippen LogP contribution in [0.25, 0.3) is 0 Å². The van der Waals surface area contributed by atoms with Crippen LogP contribution in [0.5, 0.6) is 0 Å². The van der Waals surface area contributed by atoms with E-state index >= 15 is 0 Å². The summed E-state index contributed by atoms with van der Waals surface area (Å²) in [6.07, 6.45) is 5.46. The van der Waals surface area contributed by atoms with E-state index in [4.69, 9.17) is 4.42 Å². The minimum absolute atomic E-state index is 0.249. The molecule has 17 heavy (non-hydrogen) atoms. The summed E-state index contributed by atoms with van der Waals surface area (Å²) < 4.78 is 5.31. The van der Waals surface area contributed by atoms with Crippen molar-refractivity contribution >= 4 is 5.91 Å². The smallest absolute Gasteiger partial charge is 0.223 e. The lowest BCUT2D eigenvalue weighted by Gasteiger charge is -2.21. The van der Waals surface area contributed by atoms with E-state index in [2.05, 4.69) is 5.32 Å². The summed E-state index contributed by atoms with van der Waals surface area (Å²) in [6.45, 7) is 1.51. The molecule has 1 aromatic heterocycles. The van der Waals surface area contributed by atoms with E-state index < -0.39 is 0 Å². The second-order valence-electron chi connectivity index (χ2n) is 4.54. The van der Waals surface area contributed by atoms with Crippen LogP contribution in [0.3, 0.4) is 0 Å². The fraction of sp³-hybridized carbons (Fsp3) is 0.615. The zero-order valence-corrected chi connectivity index (χ0v) is 10.3. The molecule has 4 heteroatoms. The average Bonchev–Trinajstić information content (AvgIpc) is 3.03. The summed E-state index contributed by atoms with van der Waals surface area (Å²) in [5.41, 5.74) is 0. The molecular formula is C13H20N2O2. The lowest BCUT2D eigenvalue weighted by atomic mass is 10.2. The zero-order valence-electron chi connectivity index (χ0n) is 10.3. The van der Waals surface area contributed by atoms with Gasteiger partial charge in [0.2, 0.25) is 5.91 Å². The number of hydrogen-bond donors (Lipinski definition) is 1. The monoisotopic (exact) mass is 236 g/mol. The maximum atomic E-state index is 12.1. The molecule has 0 saturated heterocycles. The fourth-order valence-electron chi connectivity index (χ4n) is 1.94. The van der Waals surface area contributed by atoms with Crippen molar-refractivity contribution in [3.8, 4) is 0 Å². The van der Waals surface area contributed by atoms with Gasteiger partial charge in [-0.15, -0.1) is 0 Å². The first-order chi connectivity index (χ1) is 8.31. The van der Waals surface area contributed by atoms with Crippen molar-refractivity contribution in [3.05, 3.63) is 24.2 Å². The molecule has 0 unspecified atom stereocenters. The minimum atomic E-state index is 0.249. The summed E-state index contributed by atoms with van der Waals surface area (Å²) in [7, 11) is 1.91. The highest BCUT2D eigenvalue weighted by Gasteiger charge is 2.32. The highest BCUT2D eigenvalue weighted by atomic mass is 16.3. The summed E-state index contributed by atoms with van der Waals surface area (Å²) >= 11 is 0. The lowest BCUT2D eigenvalue weighted by Crippen LogP contribution is -2.32. The fourth-order valence-corrected chi connectivity index (χ4v) is 1.94. The van der Waals surface area contributed by atoms with E-state index in [1.165, 1.54) is 0 Å². The lowest BCUT2D eigenvalue weighted by molar-refractivity contribution is -0.132. The van der Waals surface area contributed by atoms with Gasteiger partial charge >= 0.3 is 0 Å². The standard InChI is InChI=1S/C13H20N2O2/c1-14-8-2-5-13(16)15(11-6-7-11)10-12-4-3-9-17-12/h3-4,9,11,14H,2,5-8,10H2,1H3. The molecule has 0 atom stereocenters. The maximum Gasteiger partial charge on any atom is 0.223 e. The molecule has 0 aromatic carbocycles. The average molecular weight is 236 g/mol. The summed E-state index contributed by atoms with van der Waals surface area (Å²) in [6, 6.07) is 4.24. The Morgan fingerprint density at radius 1 is 1.59 bits per heavy atom. The molecule has 1 aromatic rings. The second-order valence-corrected chi connectivity index (χ2v) is 4.54. The summed E-state index contributed by atoms with van der Waals surface area (Å²) in [5, 5.41) is 3.06. The number of carbonyl (C=O) groups is 1. The molecule has 1 heterocycles. The Morgan fingerprint density at radius 2 is 2.41 bits per heavy atom. The van der Waals surface area contributed by atoms with Gasteiger partial charge in [0.1, 0.15) is 5.76 Å². The maximum absolute atomic E-state index is 12.1. The van der Waals surface area contributed by atoms with Gasteiger partial charge in [0.25, 0.3) is 0 Å². The van der Waals surface area contributed by atoms with Crippen LogP contribution in [-0.2, 0) is 11.3 Å². The van der Waals surface area contributed by atoms with Gasteiger partial charge in [-0.05, 0) is 45.0 Å². The van der Waals surface area contributed by atoms with E-state index in [1.54, 1.807) is 6.26 Å². The first kappa shape index (κ1) is 12.2. The van der Waals surface area contributed by atoms with Crippen LogP contribution in [-0.4, -0.2) is 30.4 Å². The van der Waals surface area contributed by atoms with Crippen LogP contribution in [0.4, 0.5) is 0 Å². The van der Waals surface area contributed by atoms with Gasteiger partial charge in [0.05, 0.1) is 12.8 Å². The van der Waals surface area contributed by atoms with Gasteiger partial charge in [-0.1, -0.05) is 0 Å². The first-order valence-electron chi connectivity index (χ1n) is 6.27. The van der Waals surface area contributed by atoms with Gasteiger partial charge in [0.15, 0.2) is 0 Å². The van der Waals surface area contributed by atoms with Crippen molar-refractivity contribution in [1.82, 2.24) is 10.2 Å². The first-order valence-corrected chi connectivity index (χ1v) is 6.27. The number of nitrogens with one attached hydrogen (secondary N) is 1. The van der Waals surface area contributed by atoms with Gasteiger partial charge in [0, 0.05) is 12.5 Å². The molecule has 0 spiro atoms. The predicted molar refractivity (Wildman–Crippen MR) is 65.4 cm³/mol. The predicted octanol–water partition coefficient (Wildman–Crippen LogP) is 1.77. The number of nitrogens with zero attached hydrogens (tertiary/aromatic N) is 1. The molecule has 1 fully saturated rings. The third-order valence-corrected chi connectivity index (χ3v) is 3.03. The van der Waals surface area contributed by atoms with Gasteiger partial charge < -0.3 is 14.6 Å².